The van der Waals surface area contributed by atoms with Crippen LogP contribution in [0.4, 0.5) is 0 Å². The highest BCUT2D eigenvalue weighted by Crippen LogP contribution is 2.23. The van der Waals surface area contributed by atoms with Gasteiger partial charge in [-0.25, -0.2) is 0 Å². The summed E-state index contributed by atoms with van der Waals surface area (Å²) in [7, 11) is 0. The van der Waals surface area contributed by atoms with Crippen molar-refractivity contribution < 1.29 is 4.79 Å². The van der Waals surface area contributed by atoms with E-state index >= 15 is 0 Å². The van der Waals surface area contributed by atoms with Crippen LogP contribution in [0.3, 0.4) is 0 Å². The first-order valence-corrected chi connectivity index (χ1v) is 7.95. The molecule has 0 aliphatic heterocycles. The smallest absolute Gasteiger partial charge is 0.252 e. The summed E-state index contributed by atoms with van der Waals surface area (Å²) >= 11 is 1.62. The van der Waals surface area contributed by atoms with Gasteiger partial charge >= 0.3 is 0 Å². The van der Waals surface area contributed by atoms with Gasteiger partial charge in [-0.2, -0.15) is 0 Å². The molecule has 0 heterocycles. The molecule has 0 atom stereocenters. The fourth-order valence-electron chi connectivity index (χ4n) is 2.56. The normalized spacial score (nSPS) is 16.5. The van der Waals surface area contributed by atoms with Crippen LogP contribution in [0, 0.1) is 5.92 Å². The van der Waals surface area contributed by atoms with Crippen LogP contribution in [-0.2, 0) is 0 Å². The molecule has 3 heteroatoms. The van der Waals surface area contributed by atoms with E-state index in [1.54, 1.807) is 11.8 Å². The summed E-state index contributed by atoms with van der Waals surface area (Å²) in [5.74, 6) is 0.759. The maximum atomic E-state index is 12.1. The van der Waals surface area contributed by atoms with E-state index in [1.165, 1.54) is 32.1 Å². The lowest BCUT2D eigenvalue weighted by atomic mass is 9.89. The largest absolute Gasteiger partial charge is 0.352 e. The van der Waals surface area contributed by atoms with Crippen molar-refractivity contribution in [3.05, 3.63) is 29.8 Å². The van der Waals surface area contributed by atoms with Crippen molar-refractivity contribution in [3.63, 3.8) is 0 Å². The van der Waals surface area contributed by atoms with Crippen LogP contribution < -0.4 is 5.32 Å². The van der Waals surface area contributed by atoms with E-state index in [2.05, 4.69) is 5.32 Å². The summed E-state index contributed by atoms with van der Waals surface area (Å²) in [4.78, 5) is 13.2. The van der Waals surface area contributed by atoms with Crippen molar-refractivity contribution >= 4 is 17.7 Å². The Hall–Kier alpha value is -0.960. The molecule has 0 saturated heterocycles. The Kier molecular flexibility index (Phi) is 5.12. The van der Waals surface area contributed by atoms with E-state index in [-0.39, 0.29) is 5.91 Å². The lowest BCUT2D eigenvalue weighted by molar-refractivity contribution is 0.0940. The Labute approximate surface area is 114 Å². The van der Waals surface area contributed by atoms with Gasteiger partial charge in [-0.1, -0.05) is 31.4 Å². The summed E-state index contributed by atoms with van der Waals surface area (Å²) in [5.41, 5.74) is 0.806. The van der Waals surface area contributed by atoms with Crippen molar-refractivity contribution in [1.82, 2.24) is 5.32 Å². The van der Waals surface area contributed by atoms with Crippen LogP contribution in [0.1, 0.15) is 42.5 Å². The van der Waals surface area contributed by atoms with E-state index in [9.17, 15) is 4.79 Å². The zero-order valence-corrected chi connectivity index (χ0v) is 11.8. The second kappa shape index (κ2) is 6.83. The predicted octanol–water partition coefficient (Wildman–Crippen LogP) is 3.72. The van der Waals surface area contributed by atoms with Gasteiger partial charge < -0.3 is 5.32 Å². The second-order valence-electron chi connectivity index (χ2n) is 4.91. The number of hydrogen-bond acceptors (Lipinski definition) is 2. The van der Waals surface area contributed by atoms with Crippen molar-refractivity contribution in [2.24, 2.45) is 5.92 Å². The lowest BCUT2D eigenvalue weighted by Crippen LogP contribution is -2.30. The Bertz CT molecular complexity index is 399. The van der Waals surface area contributed by atoms with Crippen LogP contribution in [0.15, 0.2) is 29.2 Å². The molecule has 0 aromatic heterocycles. The minimum absolute atomic E-state index is 0.0746. The number of nitrogens with one attached hydrogen (secondary N) is 1. The number of benzene rings is 1. The van der Waals surface area contributed by atoms with Gasteiger partial charge in [0.1, 0.15) is 0 Å². The predicted molar refractivity (Wildman–Crippen MR) is 77.1 cm³/mol. The molecule has 1 aromatic carbocycles. The molecule has 0 bridgehead atoms. The van der Waals surface area contributed by atoms with Crippen LogP contribution in [0.5, 0.6) is 0 Å². The quantitative estimate of drug-likeness (QED) is 0.839. The molecule has 1 aliphatic rings. The standard InChI is InChI=1S/C15H21NOS/c1-18-14-10-6-5-9-13(14)15(17)16-11-12-7-3-2-4-8-12/h5-6,9-10,12H,2-4,7-8,11H2,1H3,(H,16,17). The zero-order valence-electron chi connectivity index (χ0n) is 10.9. The highest BCUT2D eigenvalue weighted by molar-refractivity contribution is 7.98. The van der Waals surface area contributed by atoms with E-state index in [0.29, 0.717) is 5.92 Å². The molecule has 18 heavy (non-hydrogen) atoms. The molecule has 1 amide bonds. The number of hydrogen-bond donors (Lipinski definition) is 1. The highest BCUT2D eigenvalue weighted by atomic mass is 32.2. The minimum atomic E-state index is 0.0746. The molecule has 2 nitrogen and oxygen atoms in total. The Morgan fingerprint density at radius 1 is 1.28 bits per heavy atom. The molecule has 1 fully saturated rings. The van der Waals surface area contributed by atoms with Crippen LogP contribution in [-0.4, -0.2) is 18.7 Å². The molecular formula is C15H21NOS. The zero-order chi connectivity index (χ0) is 12.8. The molecule has 1 aromatic rings. The van der Waals surface area contributed by atoms with E-state index in [4.69, 9.17) is 0 Å². The lowest BCUT2D eigenvalue weighted by Gasteiger charge is -2.21. The molecule has 1 saturated carbocycles. The molecule has 1 N–H and O–H groups in total. The summed E-state index contributed by atoms with van der Waals surface area (Å²) in [5, 5.41) is 3.09. The maximum absolute atomic E-state index is 12.1. The van der Waals surface area contributed by atoms with Crippen molar-refractivity contribution in [1.29, 1.82) is 0 Å². The van der Waals surface area contributed by atoms with Crippen LogP contribution in [0.25, 0.3) is 0 Å². The monoisotopic (exact) mass is 263 g/mol. The minimum Gasteiger partial charge on any atom is -0.352 e. The molecule has 98 valence electrons. The summed E-state index contributed by atoms with van der Waals surface area (Å²) in [6.45, 7) is 0.835. The topological polar surface area (TPSA) is 29.1 Å². The molecular weight excluding hydrogens is 242 g/mol. The Morgan fingerprint density at radius 3 is 2.72 bits per heavy atom. The van der Waals surface area contributed by atoms with Gasteiger partial charge in [0.15, 0.2) is 0 Å². The van der Waals surface area contributed by atoms with Gasteiger partial charge in [0.2, 0.25) is 0 Å². The second-order valence-corrected chi connectivity index (χ2v) is 5.76. The van der Waals surface area contributed by atoms with Gasteiger partial charge in [0.05, 0.1) is 5.56 Å². The van der Waals surface area contributed by atoms with Crippen molar-refractivity contribution in [3.8, 4) is 0 Å². The van der Waals surface area contributed by atoms with Gasteiger partial charge in [0, 0.05) is 11.4 Å². The third kappa shape index (κ3) is 3.52. The third-order valence-corrected chi connectivity index (χ3v) is 4.42. The number of carbonyl (C=O) groups is 1. The average Bonchev–Trinajstić information content (AvgIpc) is 2.45. The SMILES string of the molecule is CSc1ccccc1C(=O)NCC1CCCCC1. The fourth-order valence-corrected chi connectivity index (χ4v) is 3.15. The highest BCUT2D eigenvalue weighted by Gasteiger charge is 2.15. The number of rotatable bonds is 4. The molecule has 0 radical (unpaired) electrons. The third-order valence-electron chi connectivity index (χ3n) is 3.63. The maximum Gasteiger partial charge on any atom is 0.252 e. The molecule has 0 spiro atoms. The number of amides is 1. The molecule has 1 aliphatic carbocycles. The van der Waals surface area contributed by atoms with Gasteiger partial charge in [-0.3, -0.25) is 4.79 Å². The van der Waals surface area contributed by atoms with Gasteiger partial charge in [-0.15, -0.1) is 11.8 Å². The van der Waals surface area contributed by atoms with E-state index in [0.717, 1.165) is 17.0 Å². The summed E-state index contributed by atoms with van der Waals surface area (Å²) in [6.07, 6.45) is 8.55. The number of carbonyl (C=O) groups excluding carboxylic acids is 1. The van der Waals surface area contributed by atoms with Gasteiger partial charge in [-0.05, 0) is 37.1 Å². The summed E-state index contributed by atoms with van der Waals surface area (Å²) in [6, 6.07) is 7.81. The Morgan fingerprint density at radius 2 is 2.00 bits per heavy atom. The van der Waals surface area contributed by atoms with Crippen LogP contribution in [0.2, 0.25) is 0 Å². The first-order chi connectivity index (χ1) is 8.81. The fraction of sp³-hybridized carbons (Fsp3) is 0.533. The molecule has 0 unspecified atom stereocenters. The molecule has 2 rings (SSSR count). The summed E-state index contributed by atoms with van der Waals surface area (Å²) < 4.78 is 0. The van der Waals surface area contributed by atoms with Crippen LogP contribution >= 0.6 is 11.8 Å². The Balaban J connectivity index is 1.90. The van der Waals surface area contributed by atoms with Gasteiger partial charge in [0.25, 0.3) is 5.91 Å². The van der Waals surface area contributed by atoms with Crippen molar-refractivity contribution in [2.45, 2.75) is 37.0 Å². The van der Waals surface area contributed by atoms with Crippen molar-refractivity contribution in [2.75, 3.05) is 12.8 Å². The first-order valence-electron chi connectivity index (χ1n) is 6.72. The first kappa shape index (κ1) is 13.5. The van der Waals surface area contributed by atoms with E-state index in [1.807, 2.05) is 30.5 Å². The number of thioether (sulfide) groups is 1. The average molecular weight is 263 g/mol. The van der Waals surface area contributed by atoms with E-state index < -0.39 is 0 Å².